The van der Waals surface area contributed by atoms with Gasteiger partial charge in [-0.1, -0.05) is 77.8 Å². The lowest BCUT2D eigenvalue weighted by Gasteiger charge is -2.07. The number of hydrogen-bond donors (Lipinski definition) is 1. The Balaban J connectivity index is 1.69. The number of nitrogens with one attached hydrogen (secondary N) is 1. The monoisotopic (exact) mass is 445 g/mol. The highest BCUT2D eigenvalue weighted by Crippen LogP contribution is 2.30. The Hall–Kier alpha value is -3.52. The van der Waals surface area contributed by atoms with Gasteiger partial charge in [0, 0.05) is 29.2 Å². The average molecular weight is 446 g/mol. The standard InChI is InChI=1S/C25H17Cl2N3O/c26-21-10-6-11-22(24(21)27)29-25(31)18(14-28)13-19-16-30(15-17-7-2-1-3-8-17)23-12-5-4-9-20(19)23/h1-13,16H,15H2,(H,29,31). The van der Waals surface area contributed by atoms with E-state index in [0.717, 1.165) is 22.0 Å². The minimum atomic E-state index is -0.549. The maximum Gasteiger partial charge on any atom is 0.266 e. The molecule has 0 aliphatic heterocycles. The topological polar surface area (TPSA) is 57.8 Å². The van der Waals surface area contributed by atoms with Crippen LogP contribution in [0.5, 0.6) is 0 Å². The van der Waals surface area contributed by atoms with Crippen LogP contribution in [-0.4, -0.2) is 10.5 Å². The smallest absolute Gasteiger partial charge is 0.266 e. The summed E-state index contributed by atoms with van der Waals surface area (Å²) < 4.78 is 2.11. The molecule has 4 nitrogen and oxygen atoms in total. The van der Waals surface area contributed by atoms with Gasteiger partial charge in [-0.3, -0.25) is 4.79 Å². The summed E-state index contributed by atoms with van der Waals surface area (Å²) in [6.45, 7) is 0.682. The molecule has 1 aromatic heterocycles. The van der Waals surface area contributed by atoms with Crippen LogP contribution in [-0.2, 0) is 11.3 Å². The molecule has 4 rings (SSSR count). The lowest BCUT2D eigenvalue weighted by Crippen LogP contribution is -2.13. The minimum Gasteiger partial charge on any atom is -0.342 e. The van der Waals surface area contributed by atoms with Crippen molar-refractivity contribution in [3.8, 4) is 6.07 Å². The molecule has 1 heterocycles. The van der Waals surface area contributed by atoms with Crippen molar-refractivity contribution in [1.29, 1.82) is 5.26 Å². The van der Waals surface area contributed by atoms with Crippen molar-refractivity contribution in [2.45, 2.75) is 6.54 Å². The summed E-state index contributed by atoms with van der Waals surface area (Å²) >= 11 is 12.2. The summed E-state index contributed by atoms with van der Waals surface area (Å²) in [5.41, 5.74) is 3.29. The first-order valence-corrected chi connectivity index (χ1v) is 10.3. The Morgan fingerprint density at radius 1 is 1.00 bits per heavy atom. The van der Waals surface area contributed by atoms with Gasteiger partial charge in [-0.05, 0) is 29.8 Å². The van der Waals surface area contributed by atoms with Crippen molar-refractivity contribution in [1.82, 2.24) is 4.57 Å². The molecule has 0 aliphatic carbocycles. The van der Waals surface area contributed by atoms with Gasteiger partial charge in [-0.2, -0.15) is 5.26 Å². The zero-order chi connectivity index (χ0) is 21.8. The van der Waals surface area contributed by atoms with Crippen LogP contribution in [0.2, 0.25) is 10.0 Å². The quantitative estimate of drug-likeness (QED) is 0.280. The fraction of sp³-hybridized carbons (Fsp3) is 0.0400. The molecule has 152 valence electrons. The number of nitrogens with zero attached hydrogens (tertiary/aromatic N) is 2. The van der Waals surface area contributed by atoms with Crippen LogP contribution >= 0.6 is 23.2 Å². The predicted molar refractivity (Wildman–Crippen MR) is 126 cm³/mol. The van der Waals surface area contributed by atoms with Gasteiger partial charge in [0.25, 0.3) is 5.91 Å². The number of carbonyl (C=O) groups is 1. The van der Waals surface area contributed by atoms with Crippen molar-refractivity contribution in [2.75, 3.05) is 5.32 Å². The van der Waals surface area contributed by atoms with E-state index in [9.17, 15) is 10.1 Å². The molecule has 31 heavy (non-hydrogen) atoms. The van der Waals surface area contributed by atoms with Gasteiger partial charge in [0.05, 0.1) is 15.7 Å². The maximum absolute atomic E-state index is 12.7. The van der Waals surface area contributed by atoms with E-state index < -0.39 is 5.91 Å². The summed E-state index contributed by atoms with van der Waals surface area (Å²) in [6.07, 6.45) is 3.55. The van der Waals surface area contributed by atoms with Crippen molar-refractivity contribution in [3.05, 3.63) is 106 Å². The van der Waals surface area contributed by atoms with Gasteiger partial charge < -0.3 is 9.88 Å². The predicted octanol–water partition coefficient (Wildman–Crippen LogP) is 6.54. The van der Waals surface area contributed by atoms with Gasteiger partial charge in [0.2, 0.25) is 0 Å². The van der Waals surface area contributed by atoms with Gasteiger partial charge in [-0.15, -0.1) is 0 Å². The number of fused-ring (bicyclic) bond motifs is 1. The molecule has 0 saturated heterocycles. The lowest BCUT2D eigenvalue weighted by atomic mass is 10.1. The number of hydrogen-bond acceptors (Lipinski definition) is 2. The summed E-state index contributed by atoms with van der Waals surface area (Å²) in [5, 5.41) is 13.8. The summed E-state index contributed by atoms with van der Waals surface area (Å²) in [6, 6.07) is 24.9. The fourth-order valence-electron chi connectivity index (χ4n) is 3.40. The van der Waals surface area contributed by atoms with E-state index >= 15 is 0 Å². The second-order valence-electron chi connectivity index (χ2n) is 6.94. The van der Waals surface area contributed by atoms with Crippen molar-refractivity contribution in [3.63, 3.8) is 0 Å². The second kappa shape index (κ2) is 9.09. The molecule has 3 aromatic carbocycles. The third-order valence-electron chi connectivity index (χ3n) is 4.88. The molecular formula is C25H17Cl2N3O. The summed E-state index contributed by atoms with van der Waals surface area (Å²) in [7, 11) is 0. The van der Waals surface area contributed by atoms with E-state index in [0.29, 0.717) is 17.3 Å². The molecule has 0 fully saturated rings. The Labute approximate surface area is 189 Å². The largest absolute Gasteiger partial charge is 0.342 e. The van der Waals surface area contributed by atoms with E-state index in [1.165, 1.54) is 0 Å². The van der Waals surface area contributed by atoms with E-state index in [-0.39, 0.29) is 10.6 Å². The molecule has 0 unspecified atom stereocenters. The van der Waals surface area contributed by atoms with Crippen molar-refractivity contribution < 1.29 is 4.79 Å². The number of para-hydroxylation sites is 1. The molecular weight excluding hydrogens is 429 g/mol. The zero-order valence-corrected chi connectivity index (χ0v) is 17.9. The van der Waals surface area contributed by atoms with Crippen LogP contribution in [0.1, 0.15) is 11.1 Å². The Bertz CT molecular complexity index is 1330. The molecule has 0 bridgehead atoms. The highest BCUT2D eigenvalue weighted by Gasteiger charge is 2.15. The molecule has 0 aliphatic rings. The normalized spacial score (nSPS) is 11.3. The van der Waals surface area contributed by atoms with E-state index in [2.05, 4.69) is 22.0 Å². The van der Waals surface area contributed by atoms with Gasteiger partial charge in [-0.25, -0.2) is 0 Å². The van der Waals surface area contributed by atoms with Crippen molar-refractivity contribution in [2.24, 2.45) is 0 Å². The second-order valence-corrected chi connectivity index (χ2v) is 7.73. The number of halogens is 2. The molecule has 0 spiro atoms. The minimum absolute atomic E-state index is 0.0290. The first-order valence-electron chi connectivity index (χ1n) is 9.56. The first-order chi connectivity index (χ1) is 15.1. The Morgan fingerprint density at radius 2 is 1.74 bits per heavy atom. The highest BCUT2D eigenvalue weighted by atomic mass is 35.5. The highest BCUT2D eigenvalue weighted by molar-refractivity contribution is 6.44. The van der Waals surface area contributed by atoms with Crippen LogP contribution < -0.4 is 5.32 Å². The van der Waals surface area contributed by atoms with Gasteiger partial charge in [0.1, 0.15) is 11.6 Å². The van der Waals surface area contributed by atoms with Gasteiger partial charge in [0.15, 0.2) is 0 Å². The number of nitriles is 1. The lowest BCUT2D eigenvalue weighted by molar-refractivity contribution is -0.112. The number of rotatable bonds is 5. The van der Waals surface area contributed by atoms with E-state index in [1.807, 2.05) is 54.7 Å². The number of anilines is 1. The molecule has 6 heteroatoms. The third kappa shape index (κ3) is 4.49. The maximum atomic E-state index is 12.7. The number of carbonyl (C=O) groups excluding carboxylic acids is 1. The van der Waals surface area contributed by atoms with Crippen molar-refractivity contribution >= 4 is 51.8 Å². The average Bonchev–Trinajstić information content (AvgIpc) is 3.13. The van der Waals surface area contributed by atoms with E-state index in [4.69, 9.17) is 23.2 Å². The Kier molecular flexibility index (Phi) is 6.08. The van der Waals surface area contributed by atoms with Crippen LogP contribution in [0, 0.1) is 11.3 Å². The van der Waals surface area contributed by atoms with Gasteiger partial charge >= 0.3 is 0 Å². The third-order valence-corrected chi connectivity index (χ3v) is 5.70. The fourth-order valence-corrected chi connectivity index (χ4v) is 3.74. The molecule has 1 N–H and O–H groups in total. The zero-order valence-electron chi connectivity index (χ0n) is 16.3. The molecule has 1 amide bonds. The first kappa shape index (κ1) is 20.7. The molecule has 0 radical (unpaired) electrons. The number of benzene rings is 3. The SMILES string of the molecule is N#CC(=Cc1cn(Cc2ccccc2)c2ccccc12)C(=O)Nc1cccc(Cl)c1Cl. The summed E-state index contributed by atoms with van der Waals surface area (Å²) in [4.78, 5) is 12.7. The Morgan fingerprint density at radius 3 is 2.52 bits per heavy atom. The summed E-state index contributed by atoms with van der Waals surface area (Å²) in [5.74, 6) is -0.549. The molecule has 0 atom stereocenters. The van der Waals surface area contributed by atoms with Crippen LogP contribution in [0.3, 0.4) is 0 Å². The van der Waals surface area contributed by atoms with Crippen LogP contribution in [0.4, 0.5) is 5.69 Å². The van der Waals surface area contributed by atoms with E-state index in [1.54, 1.807) is 24.3 Å². The molecule has 0 saturated carbocycles. The number of aromatic nitrogens is 1. The number of amides is 1. The van der Waals surface area contributed by atoms with Crippen LogP contribution in [0.25, 0.3) is 17.0 Å². The van der Waals surface area contributed by atoms with Crippen LogP contribution in [0.15, 0.2) is 84.6 Å². The molecule has 4 aromatic rings.